The fourth-order valence-corrected chi connectivity index (χ4v) is 3.24. The largest absolute Gasteiger partial charge is 0.381 e. The third-order valence-electron chi connectivity index (χ3n) is 4.39. The number of hydrogen-bond donors (Lipinski definition) is 0. The van der Waals surface area contributed by atoms with Crippen LogP contribution in [0, 0.1) is 17.8 Å². The minimum absolute atomic E-state index is 0.314. The third kappa shape index (κ3) is 2.85. The molecule has 2 rings (SSSR count). The Morgan fingerprint density at radius 2 is 1.88 bits per heavy atom. The molecule has 0 amide bonds. The van der Waals surface area contributed by atoms with Crippen molar-refractivity contribution in [2.45, 2.75) is 51.9 Å². The minimum atomic E-state index is 0.314. The van der Waals surface area contributed by atoms with Crippen LogP contribution < -0.4 is 0 Å². The third-order valence-corrected chi connectivity index (χ3v) is 4.39. The molecule has 1 saturated carbocycles. The number of carbonyl (C=O) groups is 1. The number of ketones is 1. The van der Waals surface area contributed by atoms with E-state index >= 15 is 0 Å². The van der Waals surface area contributed by atoms with Gasteiger partial charge >= 0.3 is 0 Å². The summed E-state index contributed by atoms with van der Waals surface area (Å²) in [5, 5.41) is 0. The van der Waals surface area contributed by atoms with Gasteiger partial charge in [-0.05, 0) is 31.6 Å². The standard InChI is InChI=1S/C14H24O2/c1-2-11-4-3-5-13(10-11)14(15)12-6-8-16-9-7-12/h11-13H,2-10H2,1H3. The van der Waals surface area contributed by atoms with Crippen molar-refractivity contribution in [1.29, 1.82) is 0 Å². The molecule has 1 saturated heterocycles. The van der Waals surface area contributed by atoms with Crippen molar-refractivity contribution < 1.29 is 9.53 Å². The van der Waals surface area contributed by atoms with Gasteiger partial charge in [-0.3, -0.25) is 4.79 Å². The van der Waals surface area contributed by atoms with Gasteiger partial charge in [0.15, 0.2) is 0 Å². The van der Waals surface area contributed by atoms with E-state index in [0.29, 0.717) is 17.6 Å². The Morgan fingerprint density at radius 1 is 1.12 bits per heavy atom. The monoisotopic (exact) mass is 224 g/mol. The fourth-order valence-electron chi connectivity index (χ4n) is 3.24. The zero-order chi connectivity index (χ0) is 11.4. The lowest BCUT2D eigenvalue weighted by molar-refractivity contribution is -0.131. The summed E-state index contributed by atoms with van der Waals surface area (Å²) in [5.74, 6) is 2.06. The summed E-state index contributed by atoms with van der Waals surface area (Å²) < 4.78 is 5.33. The lowest BCUT2D eigenvalue weighted by Gasteiger charge is -2.31. The molecule has 0 aromatic heterocycles. The molecule has 0 bridgehead atoms. The van der Waals surface area contributed by atoms with Crippen LogP contribution in [-0.2, 0) is 9.53 Å². The SMILES string of the molecule is CCC1CCCC(C(=O)C2CCOCC2)C1. The number of Topliss-reactive ketones (excluding diaryl/α,β-unsaturated/α-hetero) is 1. The molecule has 1 aliphatic carbocycles. The topological polar surface area (TPSA) is 26.3 Å². The molecule has 92 valence electrons. The van der Waals surface area contributed by atoms with E-state index in [0.717, 1.165) is 44.8 Å². The Labute approximate surface area is 98.7 Å². The van der Waals surface area contributed by atoms with Crippen molar-refractivity contribution in [3.63, 3.8) is 0 Å². The molecule has 2 aliphatic rings. The summed E-state index contributed by atoms with van der Waals surface area (Å²) in [4.78, 5) is 12.4. The Morgan fingerprint density at radius 3 is 2.56 bits per heavy atom. The fraction of sp³-hybridized carbons (Fsp3) is 0.929. The van der Waals surface area contributed by atoms with E-state index in [-0.39, 0.29) is 0 Å². The van der Waals surface area contributed by atoms with Crippen LogP contribution in [0.2, 0.25) is 0 Å². The van der Waals surface area contributed by atoms with Gasteiger partial charge in [-0.1, -0.05) is 26.2 Å². The van der Waals surface area contributed by atoms with Gasteiger partial charge in [-0.15, -0.1) is 0 Å². The van der Waals surface area contributed by atoms with Crippen LogP contribution in [0.5, 0.6) is 0 Å². The Bertz CT molecular complexity index is 231. The Kier molecular flexibility index (Phi) is 4.39. The van der Waals surface area contributed by atoms with Crippen molar-refractivity contribution in [1.82, 2.24) is 0 Å². The summed E-state index contributed by atoms with van der Waals surface area (Å²) in [7, 11) is 0. The lowest BCUT2D eigenvalue weighted by Crippen LogP contribution is -2.31. The highest BCUT2D eigenvalue weighted by Gasteiger charge is 2.31. The molecule has 0 spiro atoms. The summed E-state index contributed by atoms with van der Waals surface area (Å²) >= 11 is 0. The normalized spacial score (nSPS) is 32.6. The number of hydrogen-bond acceptors (Lipinski definition) is 2. The maximum absolute atomic E-state index is 12.4. The van der Waals surface area contributed by atoms with Gasteiger partial charge in [0, 0.05) is 25.0 Å². The van der Waals surface area contributed by atoms with Crippen molar-refractivity contribution in [3.05, 3.63) is 0 Å². The van der Waals surface area contributed by atoms with E-state index in [1.54, 1.807) is 0 Å². The smallest absolute Gasteiger partial charge is 0.139 e. The Balaban J connectivity index is 1.87. The van der Waals surface area contributed by atoms with Crippen molar-refractivity contribution in [3.8, 4) is 0 Å². The Hall–Kier alpha value is -0.370. The molecular weight excluding hydrogens is 200 g/mol. The second kappa shape index (κ2) is 5.81. The molecule has 16 heavy (non-hydrogen) atoms. The van der Waals surface area contributed by atoms with Gasteiger partial charge in [-0.25, -0.2) is 0 Å². The van der Waals surface area contributed by atoms with E-state index in [2.05, 4.69) is 6.92 Å². The molecule has 0 aromatic carbocycles. The number of carbonyl (C=O) groups excluding carboxylic acids is 1. The summed E-state index contributed by atoms with van der Waals surface area (Å²) in [6, 6.07) is 0. The van der Waals surface area contributed by atoms with Crippen LogP contribution in [0.3, 0.4) is 0 Å². The van der Waals surface area contributed by atoms with Crippen LogP contribution in [0.15, 0.2) is 0 Å². The highest BCUT2D eigenvalue weighted by atomic mass is 16.5. The van der Waals surface area contributed by atoms with Gasteiger partial charge in [0.1, 0.15) is 5.78 Å². The van der Waals surface area contributed by atoms with Gasteiger partial charge in [0.2, 0.25) is 0 Å². The average Bonchev–Trinajstić information content (AvgIpc) is 2.39. The van der Waals surface area contributed by atoms with Gasteiger partial charge in [-0.2, -0.15) is 0 Å². The van der Waals surface area contributed by atoms with E-state index in [9.17, 15) is 4.79 Å². The van der Waals surface area contributed by atoms with Crippen LogP contribution in [-0.4, -0.2) is 19.0 Å². The summed E-state index contributed by atoms with van der Waals surface area (Å²) in [6.45, 7) is 3.84. The first-order valence-corrected chi connectivity index (χ1v) is 6.92. The molecule has 2 unspecified atom stereocenters. The highest BCUT2D eigenvalue weighted by molar-refractivity contribution is 5.83. The van der Waals surface area contributed by atoms with Gasteiger partial charge in [0.25, 0.3) is 0 Å². The van der Waals surface area contributed by atoms with Crippen LogP contribution in [0.4, 0.5) is 0 Å². The molecule has 1 aliphatic heterocycles. The predicted octanol–water partition coefficient (Wildman–Crippen LogP) is 3.20. The molecule has 2 atom stereocenters. The van der Waals surface area contributed by atoms with Crippen LogP contribution in [0.1, 0.15) is 51.9 Å². The predicted molar refractivity (Wildman–Crippen MR) is 64.3 cm³/mol. The van der Waals surface area contributed by atoms with E-state index in [1.807, 2.05) is 0 Å². The van der Waals surface area contributed by atoms with Gasteiger partial charge < -0.3 is 4.74 Å². The summed E-state index contributed by atoms with van der Waals surface area (Å²) in [6.07, 6.45) is 8.08. The first kappa shape index (κ1) is 12.1. The van der Waals surface area contributed by atoms with Gasteiger partial charge in [0.05, 0.1) is 0 Å². The second-order valence-electron chi connectivity index (χ2n) is 5.43. The molecule has 0 radical (unpaired) electrons. The van der Waals surface area contributed by atoms with E-state index in [4.69, 9.17) is 4.74 Å². The van der Waals surface area contributed by atoms with Crippen molar-refractivity contribution >= 4 is 5.78 Å². The highest BCUT2D eigenvalue weighted by Crippen LogP contribution is 2.34. The zero-order valence-electron chi connectivity index (χ0n) is 10.4. The maximum atomic E-state index is 12.4. The molecule has 2 fully saturated rings. The maximum Gasteiger partial charge on any atom is 0.139 e. The number of ether oxygens (including phenoxy) is 1. The zero-order valence-corrected chi connectivity index (χ0v) is 10.4. The quantitative estimate of drug-likeness (QED) is 0.736. The molecular formula is C14H24O2. The average molecular weight is 224 g/mol. The molecule has 2 heteroatoms. The number of rotatable bonds is 3. The van der Waals surface area contributed by atoms with Crippen molar-refractivity contribution in [2.24, 2.45) is 17.8 Å². The first-order valence-electron chi connectivity index (χ1n) is 6.92. The van der Waals surface area contributed by atoms with Crippen LogP contribution >= 0.6 is 0 Å². The van der Waals surface area contributed by atoms with E-state index < -0.39 is 0 Å². The molecule has 1 heterocycles. The van der Waals surface area contributed by atoms with E-state index in [1.165, 1.54) is 19.3 Å². The second-order valence-corrected chi connectivity index (χ2v) is 5.43. The van der Waals surface area contributed by atoms with Crippen LogP contribution in [0.25, 0.3) is 0 Å². The lowest BCUT2D eigenvalue weighted by atomic mass is 9.74. The minimum Gasteiger partial charge on any atom is -0.381 e. The molecule has 0 aromatic rings. The molecule has 0 N–H and O–H groups in total. The molecule has 2 nitrogen and oxygen atoms in total. The first-order chi connectivity index (χ1) is 7.81. The van der Waals surface area contributed by atoms with Crippen molar-refractivity contribution in [2.75, 3.05) is 13.2 Å². The summed E-state index contributed by atoms with van der Waals surface area (Å²) in [5.41, 5.74) is 0.